The molecule has 0 saturated carbocycles. The normalized spacial score (nSPS) is 14.1. The molecular weight excluding hydrogens is 398 g/mol. The highest BCUT2D eigenvalue weighted by molar-refractivity contribution is 5.99. The van der Waals surface area contributed by atoms with Gasteiger partial charge in [-0.15, -0.1) is 0 Å². The molecule has 1 heterocycles. The number of nitrogens with one attached hydrogen (secondary N) is 1. The van der Waals surface area contributed by atoms with Crippen LogP contribution in [-0.4, -0.2) is 17.7 Å². The highest BCUT2D eigenvalue weighted by Crippen LogP contribution is 2.32. The zero-order valence-electron chi connectivity index (χ0n) is 19.2. The minimum Gasteiger partial charge on any atom is -0.481 e. The van der Waals surface area contributed by atoms with E-state index in [4.69, 9.17) is 9.84 Å². The van der Waals surface area contributed by atoms with Crippen LogP contribution >= 0.6 is 0 Å². The summed E-state index contributed by atoms with van der Waals surface area (Å²) >= 11 is 0. The van der Waals surface area contributed by atoms with E-state index in [1.54, 1.807) is 0 Å². The number of hydrogen-bond donors (Lipinski definition) is 2. The molecule has 0 atom stereocenters. The van der Waals surface area contributed by atoms with Crippen LogP contribution in [0, 0.1) is 13.8 Å². The molecule has 2 N–H and O–H groups in total. The molecule has 0 amide bonds. The number of aliphatic carboxylic acids is 1. The lowest BCUT2D eigenvalue weighted by Crippen LogP contribution is -2.30. The molecule has 1 aliphatic rings. The molecule has 4 rings (SSSR count). The van der Waals surface area contributed by atoms with Gasteiger partial charge in [0.05, 0.1) is 0 Å². The Hall–Kier alpha value is -3.79. The Morgan fingerprint density at radius 1 is 0.938 bits per heavy atom. The van der Waals surface area contributed by atoms with E-state index < -0.39 is 12.6 Å². The summed E-state index contributed by atoms with van der Waals surface area (Å²) in [7, 11) is 0. The predicted octanol–water partition coefficient (Wildman–Crippen LogP) is 5.10. The van der Waals surface area contributed by atoms with E-state index in [1.165, 1.54) is 5.56 Å². The number of hydrogen-bond acceptors (Lipinski definition) is 3. The van der Waals surface area contributed by atoms with Gasteiger partial charge >= 0.3 is 5.97 Å². The van der Waals surface area contributed by atoms with Gasteiger partial charge in [0, 0.05) is 33.5 Å². The molecule has 0 radical (unpaired) electrons. The molecule has 0 saturated heterocycles. The van der Waals surface area contributed by atoms with E-state index >= 15 is 0 Å². The fraction of sp³-hybridized carbons (Fsp3) is 0.179. The lowest BCUT2D eigenvalue weighted by molar-refractivity contribution is -0.139. The fourth-order valence-electron chi connectivity index (χ4n) is 3.28. The molecule has 166 valence electrons. The molecule has 32 heavy (non-hydrogen) atoms. The Labute approximate surface area is 190 Å². The quantitative estimate of drug-likeness (QED) is 0.608. The summed E-state index contributed by atoms with van der Waals surface area (Å²) in [6.07, 6.45) is 1.89. The summed E-state index contributed by atoms with van der Waals surface area (Å²) in [4.78, 5) is 10.9. The molecule has 0 spiro atoms. The largest absolute Gasteiger partial charge is 0.481 e. The van der Waals surface area contributed by atoms with E-state index in [9.17, 15) is 4.79 Å². The van der Waals surface area contributed by atoms with Crippen molar-refractivity contribution in [3.05, 3.63) is 107 Å². The number of aryl methyl sites for hydroxylation is 2. The van der Waals surface area contributed by atoms with E-state index in [0.717, 1.165) is 27.3 Å². The zero-order chi connectivity index (χ0) is 23.5. The molecular formula is C28H31NO3. The van der Waals surface area contributed by atoms with Gasteiger partial charge in [0.1, 0.15) is 5.76 Å². The van der Waals surface area contributed by atoms with Crippen molar-refractivity contribution in [2.24, 2.45) is 0 Å². The molecule has 0 aromatic heterocycles. The lowest BCUT2D eigenvalue weighted by Gasteiger charge is -2.19. The zero-order valence-corrected chi connectivity index (χ0v) is 19.2. The Morgan fingerprint density at radius 2 is 1.59 bits per heavy atom. The van der Waals surface area contributed by atoms with Gasteiger partial charge in [-0.25, -0.2) is 4.79 Å². The fourth-order valence-corrected chi connectivity index (χ4v) is 3.28. The number of carboxylic acids is 1. The monoisotopic (exact) mass is 429 g/mol. The van der Waals surface area contributed by atoms with Crippen molar-refractivity contribution in [2.75, 3.05) is 11.9 Å². The number of carboxylic acid groups (broad SMARTS) is 1. The first-order valence-electron chi connectivity index (χ1n) is 10.7. The number of anilines is 1. The topological polar surface area (TPSA) is 58.6 Å². The molecule has 3 aromatic carbocycles. The average molecular weight is 430 g/mol. The van der Waals surface area contributed by atoms with Crippen LogP contribution in [0.5, 0.6) is 0 Å². The van der Waals surface area contributed by atoms with Gasteiger partial charge in [-0.3, -0.25) is 0 Å². The summed E-state index contributed by atoms with van der Waals surface area (Å²) in [6.45, 7) is 11.8. The van der Waals surface area contributed by atoms with Crippen LogP contribution in [0.4, 0.5) is 5.69 Å². The van der Waals surface area contributed by atoms with E-state index in [2.05, 4.69) is 31.0 Å². The number of carbonyl (C=O) groups is 1. The maximum atomic E-state index is 10.9. The second kappa shape index (κ2) is 12.2. The molecule has 0 aliphatic carbocycles. The number of rotatable bonds is 3. The summed E-state index contributed by atoms with van der Waals surface area (Å²) in [5.41, 5.74) is 4.89. The minimum atomic E-state index is -1.02. The maximum Gasteiger partial charge on any atom is 0.341 e. The van der Waals surface area contributed by atoms with Crippen LogP contribution in [0.3, 0.4) is 0 Å². The summed E-state index contributed by atoms with van der Waals surface area (Å²) in [5.74, 6) is -0.520. The standard InChI is InChI=1S/C19H17NO3.C7H8.C2H6/c1-12-6-5-9-16-18(12)13(2)19(23-11-17(21)22)15-8-4-3-7-14(15)10-20-16;1-7-5-3-2-4-6-7;1-2/h3-10,20H,2,11H2,1H3,(H,21,22);2-6H,1H3;1-2H3/b14-10-,19-15+;;. The minimum absolute atomic E-state index is 0.405. The molecule has 0 fully saturated rings. The van der Waals surface area contributed by atoms with E-state index in [1.807, 2.05) is 87.6 Å². The first-order valence-corrected chi connectivity index (χ1v) is 10.7. The Balaban J connectivity index is 0.000000340. The van der Waals surface area contributed by atoms with Crippen molar-refractivity contribution in [1.82, 2.24) is 0 Å². The smallest absolute Gasteiger partial charge is 0.341 e. The lowest BCUT2D eigenvalue weighted by atomic mass is 9.96. The summed E-state index contributed by atoms with van der Waals surface area (Å²) in [5, 5.41) is 14.0. The summed E-state index contributed by atoms with van der Waals surface area (Å²) in [6, 6.07) is 23.9. The number of fused-ring (bicyclic) bond motifs is 2. The third kappa shape index (κ3) is 6.35. The van der Waals surface area contributed by atoms with Crippen molar-refractivity contribution in [3.63, 3.8) is 0 Å². The van der Waals surface area contributed by atoms with Crippen LogP contribution in [-0.2, 0) is 9.53 Å². The van der Waals surface area contributed by atoms with Crippen molar-refractivity contribution < 1.29 is 14.6 Å². The SMILES string of the molecule is C=C1/C(OCC(=O)O)=c2/cccc/c2=C/Nc2cccc(C)c21.CC.Cc1ccccc1. The third-order valence-electron chi connectivity index (χ3n) is 4.72. The first-order chi connectivity index (χ1) is 15.5. The van der Waals surface area contributed by atoms with Crippen molar-refractivity contribution >= 4 is 29.2 Å². The molecule has 4 nitrogen and oxygen atoms in total. The van der Waals surface area contributed by atoms with Crippen LogP contribution in [0.15, 0.2) is 79.4 Å². The van der Waals surface area contributed by atoms with E-state index in [-0.39, 0.29) is 0 Å². The van der Waals surface area contributed by atoms with Gasteiger partial charge in [-0.2, -0.15) is 0 Å². The average Bonchev–Trinajstić information content (AvgIpc) is 2.79. The Kier molecular flexibility index (Phi) is 9.30. The third-order valence-corrected chi connectivity index (χ3v) is 4.72. The van der Waals surface area contributed by atoms with Gasteiger partial charge in [-0.05, 0) is 25.5 Å². The van der Waals surface area contributed by atoms with Gasteiger partial charge < -0.3 is 15.2 Å². The van der Waals surface area contributed by atoms with E-state index in [0.29, 0.717) is 11.3 Å². The molecule has 1 aliphatic heterocycles. The van der Waals surface area contributed by atoms with Crippen molar-refractivity contribution in [3.8, 4) is 0 Å². The molecule has 4 heteroatoms. The Morgan fingerprint density at radius 3 is 2.22 bits per heavy atom. The molecule has 0 bridgehead atoms. The van der Waals surface area contributed by atoms with Crippen LogP contribution in [0.25, 0.3) is 17.5 Å². The van der Waals surface area contributed by atoms with Crippen LogP contribution in [0.2, 0.25) is 0 Å². The van der Waals surface area contributed by atoms with Gasteiger partial charge in [0.15, 0.2) is 6.61 Å². The van der Waals surface area contributed by atoms with Crippen LogP contribution < -0.4 is 15.8 Å². The second-order valence-corrected chi connectivity index (χ2v) is 7.02. The highest BCUT2D eigenvalue weighted by atomic mass is 16.5. The van der Waals surface area contributed by atoms with Gasteiger partial charge in [0.25, 0.3) is 0 Å². The number of ether oxygens (including phenoxy) is 1. The van der Waals surface area contributed by atoms with Crippen molar-refractivity contribution in [2.45, 2.75) is 27.7 Å². The molecule has 3 aromatic rings. The van der Waals surface area contributed by atoms with Crippen molar-refractivity contribution in [1.29, 1.82) is 0 Å². The number of benzene rings is 3. The second-order valence-electron chi connectivity index (χ2n) is 7.02. The van der Waals surface area contributed by atoms with Gasteiger partial charge in [-0.1, -0.05) is 92.7 Å². The van der Waals surface area contributed by atoms with Gasteiger partial charge in [0.2, 0.25) is 0 Å². The Bertz CT molecular complexity index is 1180. The first kappa shape index (κ1) is 24.5. The predicted molar refractivity (Wildman–Crippen MR) is 134 cm³/mol. The summed E-state index contributed by atoms with van der Waals surface area (Å²) < 4.78 is 5.60. The highest BCUT2D eigenvalue weighted by Gasteiger charge is 2.17. The molecule has 0 unspecified atom stereocenters. The van der Waals surface area contributed by atoms with Crippen LogP contribution in [0.1, 0.15) is 30.5 Å². The maximum absolute atomic E-state index is 10.9.